The van der Waals surface area contributed by atoms with Gasteiger partial charge in [0, 0.05) is 6.54 Å². The smallest absolute Gasteiger partial charge is 0.360 e. The van der Waals surface area contributed by atoms with Crippen molar-refractivity contribution in [2.45, 2.75) is 13.3 Å². The van der Waals surface area contributed by atoms with E-state index in [1.165, 1.54) is 0 Å². The zero-order valence-electron chi connectivity index (χ0n) is 8.73. The Bertz CT molecular complexity index is 374. The van der Waals surface area contributed by atoms with Gasteiger partial charge in [0.2, 0.25) is 0 Å². The average Bonchev–Trinajstić information content (AvgIpc) is 2.66. The first-order chi connectivity index (χ1) is 7.63. The summed E-state index contributed by atoms with van der Waals surface area (Å²) in [4.78, 5) is 25.2. The number of rotatable bonds is 6. The van der Waals surface area contributed by atoms with Gasteiger partial charge in [-0.15, -0.1) is 0 Å². The molecule has 0 aliphatic rings. The second-order valence-electron chi connectivity index (χ2n) is 2.83. The number of aliphatic carboxylic acids is 1. The van der Waals surface area contributed by atoms with E-state index in [0.717, 1.165) is 6.26 Å². The van der Waals surface area contributed by atoms with E-state index in [4.69, 9.17) is 14.3 Å². The molecule has 0 fully saturated rings. The van der Waals surface area contributed by atoms with Crippen LogP contribution in [-0.4, -0.2) is 35.2 Å². The molecule has 1 heterocycles. The normalized spacial score (nSPS) is 9.81. The Hall–Kier alpha value is -2.05. The Morgan fingerprint density at radius 1 is 1.62 bits per heavy atom. The van der Waals surface area contributed by atoms with E-state index >= 15 is 0 Å². The van der Waals surface area contributed by atoms with Crippen LogP contribution in [0.5, 0.6) is 0 Å². The van der Waals surface area contributed by atoms with Crippen molar-refractivity contribution in [3.63, 3.8) is 0 Å². The number of anilines is 1. The molecule has 0 bridgehead atoms. The summed E-state index contributed by atoms with van der Waals surface area (Å²) < 4.78 is 9.60. The summed E-state index contributed by atoms with van der Waals surface area (Å²) in [5.74, 6) is -1.50. The third kappa shape index (κ3) is 3.60. The largest absolute Gasteiger partial charge is 0.481 e. The molecule has 0 radical (unpaired) electrons. The predicted octanol–water partition coefficient (Wildman–Crippen LogP) is 0.738. The van der Waals surface area contributed by atoms with E-state index in [1.807, 2.05) is 0 Å². The van der Waals surface area contributed by atoms with Crippen LogP contribution in [0.4, 0.5) is 6.01 Å². The van der Waals surface area contributed by atoms with Crippen molar-refractivity contribution >= 4 is 18.0 Å². The molecule has 0 atom stereocenters. The number of esters is 1. The van der Waals surface area contributed by atoms with Crippen LogP contribution in [0, 0.1) is 0 Å². The first-order valence-corrected chi connectivity index (χ1v) is 4.71. The van der Waals surface area contributed by atoms with Crippen LogP contribution >= 0.6 is 0 Å². The summed E-state index contributed by atoms with van der Waals surface area (Å²) in [5.41, 5.74) is 0.0553. The summed E-state index contributed by atoms with van der Waals surface area (Å²) >= 11 is 0. The molecule has 0 unspecified atom stereocenters. The number of aromatic nitrogens is 1. The molecule has 1 aromatic rings. The number of hydrogen-bond acceptors (Lipinski definition) is 6. The molecule has 1 rings (SSSR count). The molecule has 88 valence electrons. The van der Waals surface area contributed by atoms with Gasteiger partial charge in [-0.1, -0.05) is 0 Å². The van der Waals surface area contributed by atoms with Crippen molar-refractivity contribution in [2.75, 3.05) is 18.5 Å². The summed E-state index contributed by atoms with van der Waals surface area (Å²) in [7, 11) is 0. The molecular formula is C9H12N2O5. The van der Waals surface area contributed by atoms with E-state index < -0.39 is 11.9 Å². The van der Waals surface area contributed by atoms with E-state index in [9.17, 15) is 9.59 Å². The third-order valence-corrected chi connectivity index (χ3v) is 1.60. The van der Waals surface area contributed by atoms with Gasteiger partial charge in [0.15, 0.2) is 5.69 Å². The summed E-state index contributed by atoms with van der Waals surface area (Å²) in [5, 5.41) is 11.0. The van der Waals surface area contributed by atoms with Crippen LogP contribution in [0.25, 0.3) is 0 Å². The lowest BCUT2D eigenvalue weighted by atomic mass is 10.4. The molecule has 7 heteroatoms. The van der Waals surface area contributed by atoms with Crippen LogP contribution in [0.1, 0.15) is 23.8 Å². The van der Waals surface area contributed by atoms with E-state index in [-0.39, 0.29) is 31.3 Å². The fourth-order valence-electron chi connectivity index (χ4n) is 0.930. The maximum absolute atomic E-state index is 11.2. The molecule has 0 aromatic carbocycles. The van der Waals surface area contributed by atoms with Crippen molar-refractivity contribution in [2.24, 2.45) is 0 Å². The van der Waals surface area contributed by atoms with Gasteiger partial charge in [-0.25, -0.2) is 4.79 Å². The Kier molecular flexibility index (Phi) is 4.31. The van der Waals surface area contributed by atoms with Crippen LogP contribution in [-0.2, 0) is 9.53 Å². The van der Waals surface area contributed by atoms with Gasteiger partial charge in [-0.05, 0) is 6.92 Å². The number of nitrogens with one attached hydrogen (secondary N) is 1. The Morgan fingerprint density at radius 2 is 2.38 bits per heavy atom. The van der Waals surface area contributed by atoms with Gasteiger partial charge >= 0.3 is 11.9 Å². The van der Waals surface area contributed by atoms with E-state index in [0.29, 0.717) is 0 Å². The topological polar surface area (TPSA) is 102 Å². The van der Waals surface area contributed by atoms with Gasteiger partial charge in [-0.2, -0.15) is 4.98 Å². The maximum atomic E-state index is 11.2. The van der Waals surface area contributed by atoms with Crippen LogP contribution < -0.4 is 5.32 Å². The van der Waals surface area contributed by atoms with Gasteiger partial charge in [0.05, 0.1) is 13.0 Å². The second-order valence-corrected chi connectivity index (χ2v) is 2.83. The molecule has 0 saturated heterocycles. The predicted molar refractivity (Wildman–Crippen MR) is 53.2 cm³/mol. The van der Waals surface area contributed by atoms with Crippen molar-refractivity contribution in [1.29, 1.82) is 0 Å². The molecular weight excluding hydrogens is 216 g/mol. The molecule has 0 amide bonds. The third-order valence-electron chi connectivity index (χ3n) is 1.60. The van der Waals surface area contributed by atoms with E-state index in [1.54, 1.807) is 6.92 Å². The minimum Gasteiger partial charge on any atom is -0.481 e. The van der Waals surface area contributed by atoms with Gasteiger partial charge in [-0.3, -0.25) is 4.79 Å². The summed E-state index contributed by atoms with van der Waals surface area (Å²) in [6.45, 7) is 2.12. The lowest BCUT2D eigenvalue weighted by Gasteiger charge is -1.97. The first kappa shape index (κ1) is 12.0. The number of oxazole rings is 1. The lowest BCUT2D eigenvalue weighted by molar-refractivity contribution is -0.136. The van der Waals surface area contributed by atoms with Gasteiger partial charge in [0.1, 0.15) is 6.26 Å². The van der Waals surface area contributed by atoms with Crippen LogP contribution in [0.2, 0.25) is 0 Å². The number of carboxylic acid groups (broad SMARTS) is 1. The highest BCUT2D eigenvalue weighted by Gasteiger charge is 2.12. The Labute approximate surface area is 91.4 Å². The quantitative estimate of drug-likeness (QED) is 0.692. The molecule has 7 nitrogen and oxygen atoms in total. The number of carbonyl (C=O) groups is 2. The van der Waals surface area contributed by atoms with Crippen molar-refractivity contribution in [3.8, 4) is 0 Å². The SMILES string of the molecule is CCOC(=O)c1coc(NCCC(=O)O)n1. The number of nitrogens with zero attached hydrogens (tertiary/aromatic N) is 1. The van der Waals surface area contributed by atoms with Crippen LogP contribution in [0.3, 0.4) is 0 Å². The molecule has 0 saturated carbocycles. The highest BCUT2D eigenvalue weighted by atomic mass is 16.5. The summed E-state index contributed by atoms with van der Waals surface area (Å²) in [6, 6.07) is 0.101. The van der Waals surface area contributed by atoms with Gasteiger partial charge < -0.3 is 19.6 Å². The van der Waals surface area contributed by atoms with E-state index in [2.05, 4.69) is 10.3 Å². The molecule has 0 spiro atoms. The van der Waals surface area contributed by atoms with Crippen LogP contribution in [0.15, 0.2) is 10.7 Å². The molecule has 0 aliphatic heterocycles. The number of carboxylic acids is 1. The average molecular weight is 228 g/mol. The zero-order chi connectivity index (χ0) is 12.0. The molecule has 1 aromatic heterocycles. The maximum Gasteiger partial charge on any atom is 0.360 e. The second kappa shape index (κ2) is 5.74. The lowest BCUT2D eigenvalue weighted by Crippen LogP contribution is -2.08. The first-order valence-electron chi connectivity index (χ1n) is 4.71. The molecule has 2 N–H and O–H groups in total. The monoisotopic (exact) mass is 228 g/mol. The minimum absolute atomic E-state index is 0.0553. The highest BCUT2D eigenvalue weighted by molar-refractivity contribution is 5.87. The Balaban J connectivity index is 2.45. The van der Waals surface area contributed by atoms with Crippen molar-refractivity contribution in [1.82, 2.24) is 4.98 Å². The standard InChI is InChI=1S/C9H12N2O5/c1-2-15-8(14)6-5-16-9(11-6)10-4-3-7(12)13/h5H,2-4H2,1H3,(H,10,11)(H,12,13). The molecule has 16 heavy (non-hydrogen) atoms. The fraction of sp³-hybridized carbons (Fsp3) is 0.444. The number of hydrogen-bond donors (Lipinski definition) is 2. The zero-order valence-corrected chi connectivity index (χ0v) is 8.73. The fourth-order valence-corrected chi connectivity index (χ4v) is 0.930. The Morgan fingerprint density at radius 3 is 3.00 bits per heavy atom. The number of carbonyl (C=O) groups excluding carboxylic acids is 1. The molecule has 0 aliphatic carbocycles. The highest BCUT2D eigenvalue weighted by Crippen LogP contribution is 2.08. The number of ether oxygens (including phenoxy) is 1. The van der Waals surface area contributed by atoms with Gasteiger partial charge in [0.25, 0.3) is 6.01 Å². The van der Waals surface area contributed by atoms with Crippen molar-refractivity contribution < 1.29 is 23.8 Å². The minimum atomic E-state index is -0.926. The van der Waals surface area contributed by atoms with Crippen molar-refractivity contribution in [3.05, 3.63) is 12.0 Å². The summed E-state index contributed by atoms with van der Waals surface area (Å²) in [6.07, 6.45) is 1.10.